The largest absolute Gasteiger partial charge is 0.325 e. The van der Waals surface area contributed by atoms with Gasteiger partial charge in [-0.2, -0.15) is 0 Å². The van der Waals surface area contributed by atoms with Crippen LogP contribution in [-0.2, 0) is 11.2 Å². The Morgan fingerprint density at radius 2 is 2.22 bits per heavy atom. The summed E-state index contributed by atoms with van der Waals surface area (Å²) in [4.78, 5) is 23.4. The highest BCUT2D eigenvalue weighted by Crippen LogP contribution is 2.24. The molecule has 0 aromatic heterocycles. The molecule has 0 spiro atoms. The van der Waals surface area contributed by atoms with Crippen molar-refractivity contribution >= 4 is 17.4 Å². The summed E-state index contributed by atoms with van der Waals surface area (Å²) in [6, 6.07) is 5.01. The van der Waals surface area contributed by atoms with E-state index < -0.39 is 6.04 Å². The second-order valence-electron chi connectivity index (χ2n) is 4.65. The average Bonchev–Trinajstić information content (AvgIpc) is 2.38. The fraction of sp³-hybridized carbons (Fsp3) is 0.429. The highest BCUT2D eigenvalue weighted by Gasteiger charge is 2.18. The lowest BCUT2D eigenvalue weighted by Crippen LogP contribution is -2.34. The summed E-state index contributed by atoms with van der Waals surface area (Å²) in [5.74, 6) is -0.0483. The number of carbonyl (C=O) groups is 2. The van der Waals surface area contributed by atoms with Gasteiger partial charge in [0, 0.05) is 17.7 Å². The summed E-state index contributed by atoms with van der Waals surface area (Å²) in [5, 5.41) is 2.75. The zero-order valence-electron chi connectivity index (χ0n) is 10.5. The number of nitrogens with one attached hydrogen (secondary N) is 1. The van der Waals surface area contributed by atoms with Crippen molar-refractivity contribution in [1.29, 1.82) is 0 Å². The highest BCUT2D eigenvalue weighted by atomic mass is 16.2. The van der Waals surface area contributed by atoms with Gasteiger partial charge in [0.2, 0.25) is 5.91 Å². The quantitative estimate of drug-likeness (QED) is 0.855. The van der Waals surface area contributed by atoms with Crippen molar-refractivity contribution in [2.75, 3.05) is 5.32 Å². The van der Waals surface area contributed by atoms with Gasteiger partial charge in [0.25, 0.3) is 0 Å². The first kappa shape index (κ1) is 12.8. The zero-order valence-corrected chi connectivity index (χ0v) is 10.5. The maximum atomic E-state index is 11.8. The Labute approximate surface area is 107 Å². The molecule has 1 aromatic rings. The molecule has 18 heavy (non-hydrogen) atoms. The normalized spacial score (nSPS) is 16.0. The molecule has 0 saturated carbocycles. The number of nitrogens with two attached hydrogens (primary N) is 1. The number of ketones is 1. The van der Waals surface area contributed by atoms with E-state index in [1.807, 2.05) is 19.1 Å². The lowest BCUT2D eigenvalue weighted by molar-refractivity contribution is -0.117. The minimum absolute atomic E-state index is 0.159. The molecule has 1 aliphatic rings. The third kappa shape index (κ3) is 2.59. The number of fused-ring (bicyclic) bond motifs is 1. The van der Waals surface area contributed by atoms with Crippen molar-refractivity contribution < 1.29 is 9.59 Å². The van der Waals surface area contributed by atoms with Crippen LogP contribution in [0.1, 0.15) is 42.1 Å². The predicted molar refractivity (Wildman–Crippen MR) is 70.6 cm³/mol. The second-order valence-corrected chi connectivity index (χ2v) is 4.65. The Hall–Kier alpha value is -1.68. The molecule has 4 nitrogen and oxygen atoms in total. The van der Waals surface area contributed by atoms with Crippen molar-refractivity contribution in [2.45, 2.75) is 38.6 Å². The zero-order chi connectivity index (χ0) is 13.1. The van der Waals surface area contributed by atoms with Crippen molar-refractivity contribution in [1.82, 2.24) is 0 Å². The lowest BCUT2D eigenvalue weighted by atomic mass is 9.90. The summed E-state index contributed by atoms with van der Waals surface area (Å²) in [6.07, 6.45) is 3.04. The molecule has 0 bridgehead atoms. The van der Waals surface area contributed by atoms with Crippen LogP contribution in [0.2, 0.25) is 0 Å². The molecule has 0 saturated heterocycles. The second kappa shape index (κ2) is 5.31. The first-order chi connectivity index (χ1) is 8.61. The molecule has 0 aliphatic heterocycles. The summed E-state index contributed by atoms with van der Waals surface area (Å²) >= 11 is 0. The number of carbonyl (C=O) groups excluding carboxylic acids is 2. The van der Waals surface area contributed by atoms with Crippen molar-refractivity contribution in [3.63, 3.8) is 0 Å². The molecule has 0 radical (unpaired) electrons. The van der Waals surface area contributed by atoms with Crippen LogP contribution in [0.25, 0.3) is 0 Å². The number of hydrogen-bond donors (Lipinski definition) is 2. The fourth-order valence-corrected chi connectivity index (χ4v) is 2.13. The van der Waals surface area contributed by atoms with Crippen LogP contribution in [0.5, 0.6) is 0 Å². The van der Waals surface area contributed by atoms with Gasteiger partial charge in [0.05, 0.1) is 6.04 Å². The Bertz CT molecular complexity index is 483. The first-order valence-electron chi connectivity index (χ1n) is 6.34. The molecule has 0 fully saturated rings. The minimum atomic E-state index is -0.503. The molecule has 2 rings (SSSR count). The Morgan fingerprint density at radius 3 is 2.94 bits per heavy atom. The Morgan fingerprint density at radius 1 is 1.44 bits per heavy atom. The van der Waals surface area contributed by atoms with Crippen molar-refractivity contribution in [2.24, 2.45) is 5.73 Å². The van der Waals surface area contributed by atoms with Crippen LogP contribution < -0.4 is 11.1 Å². The van der Waals surface area contributed by atoms with E-state index in [2.05, 4.69) is 5.32 Å². The van der Waals surface area contributed by atoms with E-state index >= 15 is 0 Å². The van der Waals surface area contributed by atoms with E-state index in [4.69, 9.17) is 5.73 Å². The molecule has 1 amide bonds. The van der Waals surface area contributed by atoms with Crippen molar-refractivity contribution in [3.05, 3.63) is 29.3 Å². The van der Waals surface area contributed by atoms with Crippen LogP contribution in [0.3, 0.4) is 0 Å². The molecule has 1 aromatic carbocycles. The smallest absolute Gasteiger partial charge is 0.241 e. The predicted octanol–water partition coefficient (Wildman–Crippen LogP) is 1.88. The van der Waals surface area contributed by atoms with Gasteiger partial charge in [-0.1, -0.05) is 13.0 Å². The van der Waals surface area contributed by atoms with Gasteiger partial charge in [0.15, 0.2) is 5.78 Å². The highest BCUT2D eigenvalue weighted by molar-refractivity contribution is 6.01. The third-order valence-electron chi connectivity index (χ3n) is 3.30. The van der Waals surface area contributed by atoms with Crippen LogP contribution >= 0.6 is 0 Å². The number of anilines is 1. The van der Waals surface area contributed by atoms with E-state index in [1.54, 1.807) is 6.07 Å². The van der Waals surface area contributed by atoms with Gasteiger partial charge in [-0.05, 0) is 37.0 Å². The van der Waals surface area contributed by atoms with E-state index in [0.717, 1.165) is 24.0 Å². The first-order valence-corrected chi connectivity index (χ1v) is 6.34. The van der Waals surface area contributed by atoms with Gasteiger partial charge in [-0.25, -0.2) is 0 Å². The monoisotopic (exact) mass is 246 g/mol. The standard InChI is InChI=1S/C14H18N2O2/c1-2-12(15)14(18)16-10-7-6-9-4-3-5-13(17)11(9)8-10/h6-8,12H,2-5,15H2,1H3,(H,16,18)/t12-/m1/s1. The van der Waals surface area contributed by atoms with Gasteiger partial charge >= 0.3 is 0 Å². The summed E-state index contributed by atoms with van der Waals surface area (Å²) < 4.78 is 0. The average molecular weight is 246 g/mol. The number of amides is 1. The number of Topliss-reactive ketones (excluding diaryl/α,β-unsaturated/α-hetero) is 1. The van der Waals surface area contributed by atoms with E-state index in [-0.39, 0.29) is 11.7 Å². The Kier molecular flexibility index (Phi) is 3.77. The molecule has 3 N–H and O–H groups in total. The van der Waals surface area contributed by atoms with Gasteiger partial charge in [-0.3, -0.25) is 9.59 Å². The van der Waals surface area contributed by atoms with Gasteiger partial charge < -0.3 is 11.1 Å². The molecule has 1 atom stereocenters. The minimum Gasteiger partial charge on any atom is -0.325 e. The van der Waals surface area contributed by atoms with Crippen molar-refractivity contribution in [3.8, 4) is 0 Å². The molecular weight excluding hydrogens is 228 g/mol. The SMILES string of the molecule is CC[C@@H](N)C(=O)Nc1ccc2c(c1)C(=O)CCC2. The maximum Gasteiger partial charge on any atom is 0.241 e. The third-order valence-corrected chi connectivity index (χ3v) is 3.30. The van der Waals surface area contributed by atoms with Crippen LogP contribution in [0.4, 0.5) is 5.69 Å². The van der Waals surface area contributed by atoms with Gasteiger partial charge in [-0.15, -0.1) is 0 Å². The molecule has 1 aliphatic carbocycles. The number of aryl methyl sites for hydroxylation is 1. The van der Waals surface area contributed by atoms with Crippen LogP contribution in [0.15, 0.2) is 18.2 Å². The summed E-state index contributed by atoms with van der Waals surface area (Å²) in [6.45, 7) is 1.86. The van der Waals surface area contributed by atoms with Gasteiger partial charge in [0.1, 0.15) is 0 Å². The molecule has 4 heteroatoms. The fourth-order valence-electron chi connectivity index (χ4n) is 2.13. The summed E-state index contributed by atoms with van der Waals surface area (Å²) in [7, 11) is 0. The number of hydrogen-bond acceptors (Lipinski definition) is 3. The number of benzene rings is 1. The topological polar surface area (TPSA) is 72.2 Å². The molecular formula is C14H18N2O2. The van der Waals surface area contributed by atoms with E-state index in [9.17, 15) is 9.59 Å². The Balaban J connectivity index is 2.18. The molecule has 0 unspecified atom stereocenters. The molecule has 0 heterocycles. The maximum absolute atomic E-state index is 11.8. The van der Waals surface area contributed by atoms with E-state index in [1.165, 1.54) is 0 Å². The number of rotatable bonds is 3. The van der Waals surface area contributed by atoms with Crippen LogP contribution in [-0.4, -0.2) is 17.7 Å². The summed E-state index contributed by atoms with van der Waals surface area (Å²) in [5.41, 5.74) is 8.11. The molecule has 96 valence electrons. The lowest BCUT2D eigenvalue weighted by Gasteiger charge is -2.16. The van der Waals surface area contributed by atoms with Crippen LogP contribution in [0, 0.1) is 0 Å². The van der Waals surface area contributed by atoms with E-state index in [0.29, 0.717) is 18.5 Å².